The highest BCUT2D eigenvalue weighted by atomic mass is 127. The second kappa shape index (κ2) is 17.6. The lowest BCUT2D eigenvalue weighted by molar-refractivity contribution is 0.0888. The van der Waals surface area contributed by atoms with E-state index in [2.05, 4.69) is 22.5 Å². The normalized spacial score (nSPS) is 16.2. The zero-order valence-corrected chi connectivity index (χ0v) is 20.7. The molecule has 1 aliphatic heterocycles. The molecule has 8 heteroatoms. The topological polar surface area (TPSA) is 73.3 Å². The van der Waals surface area contributed by atoms with Crippen LogP contribution >= 0.6 is 24.0 Å². The van der Waals surface area contributed by atoms with E-state index in [4.69, 9.17) is 18.9 Å². The molecule has 1 unspecified atom stereocenters. The summed E-state index contributed by atoms with van der Waals surface area (Å²) >= 11 is 0. The number of nitrogens with zero attached hydrogens (tertiary/aromatic N) is 1. The van der Waals surface area contributed by atoms with Gasteiger partial charge in [-0.3, -0.25) is 4.99 Å². The van der Waals surface area contributed by atoms with E-state index in [1.807, 2.05) is 24.3 Å². The summed E-state index contributed by atoms with van der Waals surface area (Å²) in [6, 6.07) is 7.95. The third-order valence-electron chi connectivity index (χ3n) is 4.62. The number of hydrogen-bond acceptors (Lipinski definition) is 5. The van der Waals surface area contributed by atoms with Crippen molar-refractivity contribution in [3.63, 3.8) is 0 Å². The Morgan fingerprint density at radius 2 is 1.93 bits per heavy atom. The van der Waals surface area contributed by atoms with Crippen molar-refractivity contribution in [3.8, 4) is 5.75 Å². The Morgan fingerprint density at radius 1 is 1.13 bits per heavy atom. The quantitative estimate of drug-likeness (QED) is 0.165. The minimum Gasteiger partial charge on any atom is -0.497 e. The highest BCUT2D eigenvalue weighted by Crippen LogP contribution is 2.12. The van der Waals surface area contributed by atoms with Crippen molar-refractivity contribution in [3.05, 3.63) is 29.8 Å². The summed E-state index contributed by atoms with van der Waals surface area (Å²) in [5.74, 6) is 2.29. The Labute approximate surface area is 198 Å². The Kier molecular flexibility index (Phi) is 15.8. The molecule has 1 aromatic carbocycles. The van der Waals surface area contributed by atoms with E-state index in [0.29, 0.717) is 19.1 Å². The average molecular weight is 535 g/mol. The summed E-state index contributed by atoms with van der Waals surface area (Å²) in [5, 5.41) is 6.63. The van der Waals surface area contributed by atoms with Gasteiger partial charge in [0.2, 0.25) is 0 Å². The maximum atomic E-state index is 5.73. The number of nitrogens with one attached hydrogen (secondary N) is 2. The van der Waals surface area contributed by atoms with Crippen molar-refractivity contribution in [2.75, 3.05) is 59.8 Å². The van der Waals surface area contributed by atoms with E-state index >= 15 is 0 Å². The first-order chi connectivity index (χ1) is 14.3. The molecule has 30 heavy (non-hydrogen) atoms. The van der Waals surface area contributed by atoms with Crippen LogP contribution in [0.3, 0.4) is 0 Å². The van der Waals surface area contributed by atoms with Crippen molar-refractivity contribution in [1.29, 1.82) is 0 Å². The summed E-state index contributed by atoms with van der Waals surface area (Å²) < 4.78 is 22.0. The monoisotopic (exact) mass is 535 g/mol. The molecule has 7 nitrogen and oxygen atoms in total. The van der Waals surface area contributed by atoms with Crippen molar-refractivity contribution >= 4 is 29.9 Å². The molecule has 1 saturated heterocycles. The van der Waals surface area contributed by atoms with Gasteiger partial charge in [0.15, 0.2) is 5.96 Å². The number of hydrogen-bond donors (Lipinski definition) is 2. The van der Waals surface area contributed by atoms with Crippen LogP contribution in [-0.4, -0.2) is 65.7 Å². The number of ether oxygens (including phenoxy) is 4. The maximum Gasteiger partial charge on any atom is 0.191 e. The first-order valence-corrected chi connectivity index (χ1v) is 10.7. The fraction of sp³-hybridized carbons (Fsp3) is 0.682. The van der Waals surface area contributed by atoms with E-state index < -0.39 is 0 Å². The summed E-state index contributed by atoms with van der Waals surface area (Å²) in [6.45, 7) is 9.10. The second-order valence-electron chi connectivity index (χ2n) is 7.10. The summed E-state index contributed by atoms with van der Waals surface area (Å²) in [6.07, 6.45) is 2.97. The van der Waals surface area contributed by atoms with Crippen LogP contribution in [0.2, 0.25) is 0 Å². The largest absolute Gasteiger partial charge is 0.497 e. The first kappa shape index (κ1) is 26.9. The Hall–Kier alpha value is -1.10. The predicted molar refractivity (Wildman–Crippen MR) is 131 cm³/mol. The Balaban J connectivity index is 0.00000450. The lowest BCUT2D eigenvalue weighted by Crippen LogP contribution is -2.38. The van der Waals surface area contributed by atoms with Crippen molar-refractivity contribution in [1.82, 2.24) is 10.6 Å². The Morgan fingerprint density at radius 3 is 2.63 bits per heavy atom. The van der Waals surface area contributed by atoms with Crippen LogP contribution in [0.4, 0.5) is 0 Å². The van der Waals surface area contributed by atoms with Crippen LogP contribution in [0.25, 0.3) is 0 Å². The zero-order valence-electron chi connectivity index (χ0n) is 18.4. The second-order valence-corrected chi connectivity index (χ2v) is 7.10. The molecule has 172 valence electrons. The molecule has 0 aromatic heterocycles. The molecule has 1 fully saturated rings. The summed E-state index contributed by atoms with van der Waals surface area (Å²) in [5.41, 5.74) is 1.15. The molecule has 0 spiro atoms. The van der Waals surface area contributed by atoms with Gasteiger partial charge in [0, 0.05) is 45.4 Å². The molecule has 1 aliphatic rings. The van der Waals surface area contributed by atoms with Crippen LogP contribution in [0.1, 0.15) is 31.7 Å². The number of rotatable bonds is 14. The molecule has 2 rings (SSSR count). The third-order valence-corrected chi connectivity index (χ3v) is 4.62. The van der Waals surface area contributed by atoms with E-state index in [1.165, 1.54) is 0 Å². The molecule has 0 amide bonds. The van der Waals surface area contributed by atoms with Gasteiger partial charge >= 0.3 is 0 Å². The van der Waals surface area contributed by atoms with Crippen LogP contribution in [0.15, 0.2) is 29.3 Å². The number of methoxy groups -OCH3 is 1. The van der Waals surface area contributed by atoms with E-state index in [9.17, 15) is 0 Å². The van der Waals surface area contributed by atoms with Crippen LogP contribution in [0.5, 0.6) is 5.75 Å². The van der Waals surface area contributed by atoms with Crippen LogP contribution in [0, 0.1) is 5.92 Å². The molecule has 0 aliphatic carbocycles. The standard InChI is InChI=1S/C22H37N3O4.HI/c1-3-23-22(25-12-5-14-28-17-20-10-15-29-18-20)24-11-4-13-27-16-19-6-8-21(26-2)9-7-19;/h6-9,20H,3-5,10-18H2,1-2H3,(H2,23,24,25);1H. The smallest absolute Gasteiger partial charge is 0.191 e. The number of guanidine groups is 1. The molecule has 1 aromatic rings. The molecule has 0 saturated carbocycles. The average Bonchev–Trinajstić information content (AvgIpc) is 3.27. The fourth-order valence-electron chi connectivity index (χ4n) is 2.96. The van der Waals surface area contributed by atoms with Gasteiger partial charge < -0.3 is 29.6 Å². The van der Waals surface area contributed by atoms with E-state index in [-0.39, 0.29) is 24.0 Å². The van der Waals surface area contributed by atoms with Gasteiger partial charge in [-0.25, -0.2) is 0 Å². The predicted octanol–water partition coefficient (Wildman–Crippen LogP) is 3.22. The molecular formula is C22H38IN3O4. The number of halogens is 1. The van der Waals surface area contributed by atoms with E-state index in [0.717, 1.165) is 82.6 Å². The fourth-order valence-corrected chi connectivity index (χ4v) is 2.96. The van der Waals surface area contributed by atoms with Gasteiger partial charge in [0.25, 0.3) is 0 Å². The molecule has 0 radical (unpaired) electrons. The highest BCUT2D eigenvalue weighted by molar-refractivity contribution is 14.0. The lowest BCUT2D eigenvalue weighted by atomic mass is 10.1. The molecule has 0 bridgehead atoms. The van der Waals surface area contributed by atoms with Crippen molar-refractivity contribution in [2.45, 2.75) is 32.8 Å². The molecular weight excluding hydrogens is 497 g/mol. The SMILES string of the molecule is CCNC(=NCCCOCc1ccc(OC)cc1)NCCCOCC1CCOC1.I. The van der Waals surface area contributed by atoms with Gasteiger partial charge in [-0.1, -0.05) is 12.1 Å². The zero-order chi connectivity index (χ0) is 20.6. The third kappa shape index (κ3) is 11.9. The molecule has 1 atom stereocenters. The summed E-state index contributed by atoms with van der Waals surface area (Å²) in [7, 11) is 1.67. The van der Waals surface area contributed by atoms with Gasteiger partial charge in [-0.15, -0.1) is 24.0 Å². The van der Waals surface area contributed by atoms with Crippen molar-refractivity contribution < 1.29 is 18.9 Å². The number of aliphatic imine (C=N–C) groups is 1. The Bertz CT molecular complexity index is 566. The van der Waals surface area contributed by atoms with E-state index in [1.54, 1.807) is 7.11 Å². The first-order valence-electron chi connectivity index (χ1n) is 10.7. The summed E-state index contributed by atoms with van der Waals surface area (Å²) in [4.78, 5) is 4.60. The lowest BCUT2D eigenvalue weighted by Gasteiger charge is -2.12. The molecule has 2 N–H and O–H groups in total. The van der Waals surface area contributed by atoms with Crippen LogP contribution in [-0.2, 0) is 20.8 Å². The van der Waals surface area contributed by atoms with Crippen molar-refractivity contribution in [2.24, 2.45) is 10.9 Å². The maximum absolute atomic E-state index is 5.73. The van der Waals surface area contributed by atoms with Crippen LogP contribution < -0.4 is 15.4 Å². The van der Waals surface area contributed by atoms with Gasteiger partial charge in [0.05, 0.1) is 26.9 Å². The minimum atomic E-state index is 0. The van der Waals surface area contributed by atoms with Gasteiger partial charge in [-0.05, 0) is 43.9 Å². The highest BCUT2D eigenvalue weighted by Gasteiger charge is 2.15. The molecule has 1 heterocycles. The van der Waals surface area contributed by atoms with Gasteiger partial charge in [0.1, 0.15) is 5.75 Å². The number of benzene rings is 1. The van der Waals surface area contributed by atoms with Gasteiger partial charge in [-0.2, -0.15) is 0 Å². The minimum absolute atomic E-state index is 0.